The van der Waals surface area contributed by atoms with Gasteiger partial charge in [-0.2, -0.15) is 13.2 Å². The van der Waals surface area contributed by atoms with Gasteiger partial charge in [-0.15, -0.1) is 0 Å². The molecule has 1 aromatic carbocycles. The summed E-state index contributed by atoms with van der Waals surface area (Å²) in [5.74, 6) is -0.924. The molecule has 4 nitrogen and oxygen atoms in total. The maximum Gasteiger partial charge on any atom is 0.417 e. The standard InChI is InChI=1S/C20H18Cl2F4N2O2/c21-15-12(3-1-5-14(15)20(24,25)26)18(29)28-16(13-4-2-10-27-17(13)22)19(30)8-6-11(23)7-9-19/h1-5,10-11,16,30H,6-9H2,(H,28,29). The molecule has 2 aromatic rings. The molecule has 1 aliphatic carbocycles. The van der Waals surface area contributed by atoms with Gasteiger partial charge in [0.1, 0.15) is 11.3 Å². The van der Waals surface area contributed by atoms with Crippen molar-refractivity contribution in [1.29, 1.82) is 0 Å². The summed E-state index contributed by atoms with van der Waals surface area (Å²) in [5, 5.41) is 13.0. The van der Waals surface area contributed by atoms with Gasteiger partial charge in [0, 0.05) is 11.8 Å². The molecule has 10 heteroatoms. The average Bonchev–Trinajstić information content (AvgIpc) is 2.68. The molecule has 0 radical (unpaired) electrons. The molecule has 1 amide bonds. The van der Waals surface area contributed by atoms with Gasteiger partial charge >= 0.3 is 6.18 Å². The Hall–Kier alpha value is -1.90. The van der Waals surface area contributed by atoms with Crippen molar-refractivity contribution < 1.29 is 27.5 Å². The molecule has 1 saturated carbocycles. The highest BCUT2D eigenvalue weighted by atomic mass is 35.5. The maximum absolute atomic E-state index is 13.6. The Morgan fingerprint density at radius 1 is 1.20 bits per heavy atom. The molecular weight excluding hydrogens is 447 g/mol. The molecule has 2 N–H and O–H groups in total. The number of carbonyl (C=O) groups is 1. The highest BCUT2D eigenvalue weighted by molar-refractivity contribution is 6.34. The predicted octanol–water partition coefficient (Wildman–Crippen LogP) is 5.52. The number of hydrogen-bond acceptors (Lipinski definition) is 3. The molecule has 0 aliphatic heterocycles. The van der Waals surface area contributed by atoms with Gasteiger partial charge in [0.05, 0.1) is 27.8 Å². The lowest BCUT2D eigenvalue weighted by molar-refractivity contribution is -0.137. The van der Waals surface area contributed by atoms with Gasteiger partial charge < -0.3 is 10.4 Å². The number of nitrogens with one attached hydrogen (secondary N) is 1. The van der Waals surface area contributed by atoms with Crippen molar-refractivity contribution in [2.45, 2.75) is 49.7 Å². The van der Waals surface area contributed by atoms with Gasteiger partial charge in [0.2, 0.25) is 0 Å². The largest absolute Gasteiger partial charge is 0.417 e. The lowest BCUT2D eigenvalue weighted by Gasteiger charge is -2.40. The number of amides is 1. The molecule has 0 spiro atoms. The highest BCUT2D eigenvalue weighted by Crippen LogP contribution is 2.42. The SMILES string of the molecule is O=C(NC(c1cccnc1Cl)C1(O)CCC(F)CC1)c1cccc(C(F)(F)F)c1Cl. The zero-order chi connectivity index (χ0) is 22.1. The van der Waals surface area contributed by atoms with Crippen molar-refractivity contribution in [2.24, 2.45) is 0 Å². The van der Waals surface area contributed by atoms with Gasteiger partial charge in [-0.05, 0) is 43.9 Å². The first-order valence-electron chi connectivity index (χ1n) is 9.16. The van der Waals surface area contributed by atoms with Crippen molar-refractivity contribution in [3.8, 4) is 0 Å². The molecule has 0 saturated heterocycles. The highest BCUT2D eigenvalue weighted by Gasteiger charge is 2.43. The maximum atomic E-state index is 13.6. The first-order chi connectivity index (χ1) is 14.0. The fourth-order valence-corrected chi connectivity index (χ4v) is 4.17. The first kappa shape index (κ1) is 22.8. The number of aromatic nitrogens is 1. The number of pyridine rings is 1. The monoisotopic (exact) mass is 464 g/mol. The Balaban J connectivity index is 1.98. The van der Waals surface area contributed by atoms with E-state index in [1.54, 1.807) is 6.07 Å². The van der Waals surface area contributed by atoms with Gasteiger partial charge in [-0.25, -0.2) is 9.37 Å². The van der Waals surface area contributed by atoms with Crippen LogP contribution in [0, 0.1) is 0 Å². The van der Waals surface area contributed by atoms with Crippen molar-refractivity contribution >= 4 is 29.1 Å². The average molecular weight is 465 g/mol. The molecule has 1 unspecified atom stereocenters. The molecule has 1 aromatic heterocycles. The quantitative estimate of drug-likeness (QED) is 0.462. The third-order valence-corrected chi connectivity index (χ3v) is 5.96. The second-order valence-electron chi connectivity index (χ2n) is 7.23. The Morgan fingerprint density at radius 3 is 2.47 bits per heavy atom. The Bertz CT molecular complexity index is 931. The summed E-state index contributed by atoms with van der Waals surface area (Å²) in [5.41, 5.74) is -2.84. The Morgan fingerprint density at radius 2 is 1.87 bits per heavy atom. The van der Waals surface area contributed by atoms with Crippen LogP contribution >= 0.6 is 23.2 Å². The van der Waals surface area contributed by atoms with Crippen molar-refractivity contribution in [2.75, 3.05) is 0 Å². The number of hydrogen-bond donors (Lipinski definition) is 2. The van der Waals surface area contributed by atoms with Crippen molar-refractivity contribution in [3.05, 3.63) is 63.4 Å². The van der Waals surface area contributed by atoms with Crippen LogP contribution in [0.4, 0.5) is 17.6 Å². The number of nitrogens with zero attached hydrogens (tertiary/aromatic N) is 1. The molecule has 0 bridgehead atoms. The fourth-order valence-electron chi connectivity index (χ4n) is 3.62. The molecule has 162 valence electrons. The number of carbonyl (C=O) groups excluding carboxylic acids is 1. The first-order valence-corrected chi connectivity index (χ1v) is 9.92. The van der Waals surface area contributed by atoms with Gasteiger partial charge in [0.25, 0.3) is 5.91 Å². The van der Waals surface area contributed by atoms with Gasteiger partial charge in [-0.3, -0.25) is 4.79 Å². The van der Waals surface area contributed by atoms with E-state index in [2.05, 4.69) is 10.3 Å². The number of halogens is 6. The summed E-state index contributed by atoms with van der Waals surface area (Å²) >= 11 is 12.0. The summed E-state index contributed by atoms with van der Waals surface area (Å²) < 4.78 is 53.1. The third-order valence-electron chi connectivity index (χ3n) is 5.24. The minimum atomic E-state index is -4.74. The molecule has 1 heterocycles. The minimum Gasteiger partial charge on any atom is -0.387 e. The van der Waals surface area contributed by atoms with E-state index in [1.807, 2.05) is 0 Å². The van der Waals surface area contributed by atoms with E-state index >= 15 is 0 Å². The van der Waals surface area contributed by atoms with Crippen LogP contribution in [0.2, 0.25) is 10.2 Å². The second-order valence-corrected chi connectivity index (χ2v) is 7.97. The topological polar surface area (TPSA) is 62.2 Å². The Kier molecular flexibility index (Phi) is 6.60. The second kappa shape index (κ2) is 8.69. The third kappa shape index (κ3) is 4.71. The van der Waals surface area contributed by atoms with Crippen LogP contribution in [0.5, 0.6) is 0 Å². The number of alkyl halides is 4. The lowest BCUT2D eigenvalue weighted by Crippen LogP contribution is -2.48. The van der Waals surface area contributed by atoms with E-state index in [4.69, 9.17) is 23.2 Å². The summed E-state index contributed by atoms with van der Waals surface area (Å²) in [4.78, 5) is 16.8. The van der Waals surface area contributed by atoms with Crippen LogP contribution < -0.4 is 5.32 Å². The van der Waals surface area contributed by atoms with Crippen LogP contribution in [-0.4, -0.2) is 27.8 Å². The summed E-state index contributed by atoms with van der Waals surface area (Å²) in [6.45, 7) is 0. The van der Waals surface area contributed by atoms with Crippen LogP contribution in [0.15, 0.2) is 36.5 Å². The molecule has 30 heavy (non-hydrogen) atoms. The van der Waals surface area contributed by atoms with E-state index in [-0.39, 0.29) is 36.4 Å². The van der Waals surface area contributed by atoms with E-state index in [9.17, 15) is 27.5 Å². The number of benzene rings is 1. The van der Waals surface area contributed by atoms with Crippen molar-refractivity contribution in [1.82, 2.24) is 10.3 Å². The van der Waals surface area contributed by atoms with E-state index < -0.39 is 46.0 Å². The summed E-state index contributed by atoms with van der Waals surface area (Å²) in [6, 6.07) is 4.94. The lowest BCUT2D eigenvalue weighted by atomic mass is 9.76. The number of aliphatic hydroxyl groups is 1. The van der Waals surface area contributed by atoms with Crippen LogP contribution in [0.1, 0.15) is 53.2 Å². The van der Waals surface area contributed by atoms with Crippen LogP contribution in [0.3, 0.4) is 0 Å². The zero-order valence-electron chi connectivity index (χ0n) is 15.5. The minimum absolute atomic E-state index is 0.00809. The van der Waals surface area contributed by atoms with E-state index in [0.717, 1.165) is 18.2 Å². The Labute approximate surface area is 180 Å². The molecule has 1 fully saturated rings. The van der Waals surface area contributed by atoms with Crippen LogP contribution in [0.25, 0.3) is 0 Å². The normalized spacial score (nSPS) is 23.1. The summed E-state index contributed by atoms with van der Waals surface area (Å²) in [7, 11) is 0. The molecule has 1 aliphatic rings. The van der Waals surface area contributed by atoms with Crippen molar-refractivity contribution in [3.63, 3.8) is 0 Å². The van der Waals surface area contributed by atoms with E-state index in [1.165, 1.54) is 12.3 Å². The van der Waals surface area contributed by atoms with Gasteiger partial charge in [0.15, 0.2) is 0 Å². The smallest absolute Gasteiger partial charge is 0.387 e. The van der Waals surface area contributed by atoms with E-state index in [0.29, 0.717) is 0 Å². The fraction of sp³-hybridized carbons (Fsp3) is 0.400. The molecular formula is C20H18Cl2F4N2O2. The zero-order valence-corrected chi connectivity index (χ0v) is 17.0. The predicted molar refractivity (Wildman–Crippen MR) is 104 cm³/mol. The molecule has 3 rings (SSSR count). The number of rotatable bonds is 4. The van der Waals surface area contributed by atoms with Gasteiger partial charge in [-0.1, -0.05) is 35.3 Å². The summed E-state index contributed by atoms with van der Waals surface area (Å²) in [6.07, 6.45) is -4.20. The molecule has 1 atom stereocenters. The van der Waals surface area contributed by atoms with Crippen LogP contribution in [-0.2, 0) is 6.18 Å².